The molecule has 0 N–H and O–H groups in total. The highest BCUT2D eigenvalue weighted by molar-refractivity contribution is 8.17. The van der Waals surface area contributed by atoms with Gasteiger partial charge in [0.25, 0.3) is 0 Å². The third kappa shape index (κ3) is 7.45. The van der Waals surface area contributed by atoms with Crippen molar-refractivity contribution in [2.75, 3.05) is 11.5 Å². The Balaban J connectivity index is 0.000000555. The first kappa shape index (κ1) is 26.5. The van der Waals surface area contributed by atoms with Crippen molar-refractivity contribution < 1.29 is 28.9 Å². The monoisotopic (exact) mass is 522 g/mol. The average molecular weight is 523 g/mol. The average Bonchev–Trinajstić information content (AvgIpc) is 2.81. The standard InChI is InChI=1S/C25H28PS2.ClHO4/c1-21(20-25-27-18-11-19-28-25)26(22-12-5-2-6-13-22,23-14-7-3-8-15-23)24-16-9-4-10-17-24;2-1(3,4)5/h2-10,12-17,21,25H,11,18-20H2,1H3;(H,2,3,4,5)/q+1;/p-1. The summed E-state index contributed by atoms with van der Waals surface area (Å²) in [7, 11) is -6.68. The van der Waals surface area contributed by atoms with E-state index in [1.165, 1.54) is 40.3 Å². The summed E-state index contributed by atoms with van der Waals surface area (Å²) >= 11 is 4.35. The van der Waals surface area contributed by atoms with Crippen molar-refractivity contribution in [2.24, 2.45) is 0 Å². The number of benzene rings is 3. The fourth-order valence-corrected chi connectivity index (χ4v) is 12.6. The molecule has 33 heavy (non-hydrogen) atoms. The molecule has 1 saturated heterocycles. The zero-order valence-electron chi connectivity index (χ0n) is 18.4. The molecule has 3 aromatic rings. The van der Waals surface area contributed by atoms with Crippen LogP contribution in [0.2, 0.25) is 0 Å². The van der Waals surface area contributed by atoms with Gasteiger partial charge in [0.15, 0.2) is 0 Å². The number of rotatable bonds is 6. The van der Waals surface area contributed by atoms with Gasteiger partial charge in [0.05, 0.1) is 10.2 Å². The second-order valence-corrected chi connectivity index (χ2v) is 15.3. The Kier molecular flexibility index (Phi) is 10.1. The molecule has 1 fully saturated rings. The van der Waals surface area contributed by atoms with Crippen molar-refractivity contribution in [3.63, 3.8) is 0 Å². The van der Waals surface area contributed by atoms with E-state index in [9.17, 15) is 0 Å². The van der Waals surface area contributed by atoms with E-state index in [1.807, 2.05) is 0 Å². The topological polar surface area (TPSA) is 92.2 Å². The Morgan fingerprint density at radius 2 is 1.06 bits per heavy atom. The second-order valence-electron chi connectivity index (χ2n) is 7.72. The molecule has 4 nitrogen and oxygen atoms in total. The smallest absolute Gasteiger partial charge is 0.114 e. The van der Waals surface area contributed by atoms with Crippen LogP contribution in [0.5, 0.6) is 0 Å². The van der Waals surface area contributed by atoms with Crippen molar-refractivity contribution in [2.45, 2.75) is 30.0 Å². The van der Waals surface area contributed by atoms with Crippen LogP contribution in [0, 0.1) is 10.2 Å². The lowest BCUT2D eigenvalue weighted by Crippen LogP contribution is -2.68. The van der Waals surface area contributed by atoms with E-state index in [0.717, 1.165) is 4.58 Å². The van der Waals surface area contributed by atoms with Crippen LogP contribution in [0.25, 0.3) is 0 Å². The lowest BCUT2D eigenvalue weighted by Gasteiger charge is -2.35. The van der Waals surface area contributed by atoms with Crippen LogP contribution in [0.4, 0.5) is 0 Å². The Morgan fingerprint density at radius 3 is 1.39 bits per heavy atom. The molecule has 0 amide bonds. The maximum Gasteiger partial charge on any atom is 0.114 e. The first-order valence-corrected chi connectivity index (χ1v) is 15.9. The third-order valence-electron chi connectivity index (χ3n) is 5.58. The Morgan fingerprint density at radius 1 is 0.727 bits per heavy atom. The quantitative estimate of drug-likeness (QED) is 0.452. The van der Waals surface area contributed by atoms with Crippen LogP contribution in [0.15, 0.2) is 91.0 Å². The van der Waals surface area contributed by atoms with Crippen molar-refractivity contribution in [1.82, 2.24) is 0 Å². The summed E-state index contributed by atoms with van der Waals surface area (Å²) in [5.74, 6) is 2.63. The van der Waals surface area contributed by atoms with E-state index < -0.39 is 17.5 Å². The molecule has 0 aromatic heterocycles. The van der Waals surface area contributed by atoms with E-state index in [-0.39, 0.29) is 0 Å². The summed E-state index contributed by atoms with van der Waals surface area (Å²) in [6.07, 6.45) is 2.62. The predicted molar refractivity (Wildman–Crippen MR) is 133 cm³/mol. The van der Waals surface area contributed by atoms with Crippen molar-refractivity contribution in [1.29, 1.82) is 0 Å². The summed E-state index contributed by atoms with van der Waals surface area (Å²) in [5, 5.41) is 4.52. The normalized spacial score (nSPS) is 15.9. The molecule has 1 aliphatic heterocycles. The molecule has 0 bridgehead atoms. The Hall–Kier alpha value is -1.08. The minimum Gasteiger partial charge on any atom is -0.222 e. The lowest BCUT2D eigenvalue weighted by molar-refractivity contribution is -2.00. The van der Waals surface area contributed by atoms with Crippen molar-refractivity contribution in [3.8, 4) is 0 Å². The Labute approximate surface area is 207 Å². The van der Waals surface area contributed by atoms with Crippen LogP contribution in [0.1, 0.15) is 19.8 Å². The largest absolute Gasteiger partial charge is 0.222 e. The molecule has 1 heterocycles. The number of thioether (sulfide) groups is 2. The molecule has 176 valence electrons. The first-order chi connectivity index (χ1) is 15.8. The Bertz CT molecular complexity index is 850. The molecule has 8 heteroatoms. The van der Waals surface area contributed by atoms with Gasteiger partial charge >= 0.3 is 0 Å². The second kappa shape index (κ2) is 12.6. The zero-order valence-corrected chi connectivity index (χ0v) is 21.7. The highest BCUT2D eigenvalue weighted by Gasteiger charge is 2.50. The van der Waals surface area contributed by atoms with Gasteiger partial charge in [-0.3, -0.25) is 0 Å². The number of halogens is 1. The van der Waals surface area contributed by atoms with Crippen LogP contribution in [-0.2, 0) is 0 Å². The molecule has 1 atom stereocenters. The van der Waals surface area contributed by atoms with E-state index in [2.05, 4.69) is 121 Å². The summed E-state index contributed by atoms with van der Waals surface area (Å²) in [6.45, 7) is 2.51. The minimum absolute atomic E-state index is 0.600. The van der Waals surface area contributed by atoms with Crippen molar-refractivity contribution >= 4 is 46.7 Å². The van der Waals surface area contributed by atoms with Gasteiger partial charge in [-0.25, -0.2) is 18.6 Å². The minimum atomic E-state index is -4.94. The predicted octanol–water partition coefficient (Wildman–Crippen LogP) is 1.20. The highest BCUT2D eigenvalue weighted by Crippen LogP contribution is 2.61. The van der Waals surface area contributed by atoms with E-state index >= 15 is 0 Å². The summed E-state index contributed by atoms with van der Waals surface area (Å²) in [5.41, 5.74) is 0.600. The van der Waals surface area contributed by atoms with E-state index in [1.54, 1.807) is 0 Å². The van der Waals surface area contributed by atoms with E-state index in [0.29, 0.717) is 5.66 Å². The summed E-state index contributed by atoms with van der Waals surface area (Å²) < 4.78 is 34.7. The van der Waals surface area contributed by atoms with Crippen LogP contribution < -0.4 is 34.5 Å². The van der Waals surface area contributed by atoms with Crippen LogP contribution >= 0.6 is 30.8 Å². The zero-order chi connectivity index (χ0) is 23.7. The summed E-state index contributed by atoms with van der Waals surface area (Å²) in [4.78, 5) is 0. The van der Waals surface area contributed by atoms with Gasteiger partial charge in [0.2, 0.25) is 0 Å². The lowest BCUT2D eigenvalue weighted by atomic mass is 10.3. The highest BCUT2D eigenvalue weighted by atomic mass is 35.7. The van der Waals surface area contributed by atoms with Gasteiger partial charge in [-0.15, -0.1) is 33.8 Å². The summed E-state index contributed by atoms with van der Waals surface area (Å²) in [6, 6.07) is 33.9. The SMILES string of the molecule is CC(CC1SCCCS1)[P+](c1ccccc1)(c1ccccc1)c1ccccc1.[O-][Cl+3]([O-])([O-])[O-]. The van der Waals surface area contributed by atoms with E-state index in [4.69, 9.17) is 18.6 Å². The molecule has 1 unspecified atom stereocenters. The molecule has 0 spiro atoms. The fraction of sp³-hybridized carbons (Fsp3) is 0.280. The fourth-order valence-electron chi connectivity index (χ4n) is 4.31. The van der Waals surface area contributed by atoms with Crippen LogP contribution in [-0.4, -0.2) is 21.7 Å². The molecule has 3 aromatic carbocycles. The molecular formula is C25H28ClO4PS2. The third-order valence-corrected chi connectivity index (χ3v) is 13.4. The molecule has 0 radical (unpaired) electrons. The van der Waals surface area contributed by atoms with Gasteiger partial charge in [-0.2, -0.15) is 0 Å². The van der Waals surface area contributed by atoms with Gasteiger partial charge in [0, 0.05) is 6.42 Å². The molecular weight excluding hydrogens is 495 g/mol. The number of hydrogen-bond donors (Lipinski definition) is 0. The maximum atomic E-state index is 8.49. The molecule has 4 rings (SSSR count). The molecule has 0 saturated carbocycles. The first-order valence-electron chi connectivity index (χ1n) is 10.7. The van der Waals surface area contributed by atoms with Crippen molar-refractivity contribution in [3.05, 3.63) is 91.0 Å². The van der Waals surface area contributed by atoms with Gasteiger partial charge in [0.1, 0.15) is 23.2 Å². The van der Waals surface area contributed by atoms with Crippen LogP contribution in [0.3, 0.4) is 0 Å². The van der Waals surface area contributed by atoms with Gasteiger partial charge in [-0.1, -0.05) is 54.6 Å². The number of hydrogen-bond acceptors (Lipinski definition) is 6. The van der Waals surface area contributed by atoms with Gasteiger partial charge in [-0.05, 0) is 61.2 Å². The molecule has 0 aliphatic carbocycles. The maximum absolute atomic E-state index is 8.49. The van der Waals surface area contributed by atoms with Gasteiger partial charge < -0.3 is 0 Å². The molecule has 1 aliphatic rings.